The largest absolute Gasteiger partial charge is 0.306 e. The van der Waals surface area contributed by atoms with Gasteiger partial charge in [0.25, 0.3) is 0 Å². The number of nitriles is 2. The zero-order valence-electron chi connectivity index (χ0n) is 21.3. The normalized spacial score (nSPS) is 11.4. The Morgan fingerprint density at radius 1 is 0.475 bits per heavy atom. The summed E-state index contributed by atoms with van der Waals surface area (Å²) >= 11 is 0. The number of para-hydroxylation sites is 3. The first-order valence-corrected chi connectivity index (χ1v) is 13.2. The van der Waals surface area contributed by atoms with Crippen molar-refractivity contribution in [2.75, 3.05) is 0 Å². The molecular weight excluding hydrogens is 488 g/mol. The van der Waals surface area contributed by atoms with E-state index in [-0.39, 0.29) is 0 Å². The smallest absolute Gasteiger partial charge is 0.101 e. The molecule has 4 heteroatoms. The maximum atomic E-state index is 10.5. The van der Waals surface area contributed by atoms with Gasteiger partial charge in [0.2, 0.25) is 0 Å². The fourth-order valence-electron chi connectivity index (χ4n) is 6.32. The van der Waals surface area contributed by atoms with Crippen LogP contribution in [0.2, 0.25) is 0 Å². The van der Waals surface area contributed by atoms with Crippen molar-refractivity contribution >= 4 is 54.4 Å². The van der Waals surface area contributed by atoms with Crippen LogP contribution in [0.3, 0.4) is 0 Å². The van der Waals surface area contributed by atoms with Crippen molar-refractivity contribution in [1.82, 2.24) is 9.13 Å². The molecule has 2 aromatic heterocycles. The SMILES string of the molecule is N#Cc1cc(C#N)c(-n2c3ccccc3c3ccccc32)c(-n2c3ccccc3c3ccc4ccccc4c32)c1. The van der Waals surface area contributed by atoms with E-state index >= 15 is 0 Å². The molecule has 0 N–H and O–H groups in total. The lowest BCUT2D eigenvalue weighted by Gasteiger charge is -2.19. The second kappa shape index (κ2) is 8.33. The lowest BCUT2D eigenvalue weighted by Crippen LogP contribution is -2.07. The Bertz CT molecular complexity index is 2350. The maximum absolute atomic E-state index is 10.5. The Hall–Kier alpha value is -5.84. The molecule has 4 nitrogen and oxygen atoms in total. The molecule has 0 atom stereocenters. The van der Waals surface area contributed by atoms with Crippen molar-refractivity contribution in [2.24, 2.45) is 0 Å². The molecular formula is C36H20N4. The first-order valence-electron chi connectivity index (χ1n) is 13.2. The third-order valence-electron chi connectivity index (χ3n) is 7.94. The van der Waals surface area contributed by atoms with E-state index in [1.54, 1.807) is 6.07 Å². The molecule has 0 radical (unpaired) electrons. The molecule has 0 unspecified atom stereocenters. The van der Waals surface area contributed by atoms with Crippen LogP contribution in [-0.2, 0) is 0 Å². The highest BCUT2D eigenvalue weighted by molar-refractivity contribution is 6.19. The fourth-order valence-corrected chi connectivity index (χ4v) is 6.32. The van der Waals surface area contributed by atoms with Gasteiger partial charge in [-0.1, -0.05) is 91.0 Å². The molecule has 40 heavy (non-hydrogen) atoms. The molecule has 184 valence electrons. The molecule has 0 amide bonds. The summed E-state index contributed by atoms with van der Waals surface area (Å²) in [5.41, 5.74) is 6.55. The van der Waals surface area contributed by atoms with Crippen LogP contribution in [0.15, 0.2) is 121 Å². The zero-order valence-corrected chi connectivity index (χ0v) is 21.3. The fraction of sp³-hybridized carbons (Fsp3) is 0. The van der Waals surface area contributed by atoms with Gasteiger partial charge >= 0.3 is 0 Å². The Morgan fingerprint density at radius 2 is 1.02 bits per heavy atom. The van der Waals surface area contributed by atoms with Crippen LogP contribution in [0.1, 0.15) is 11.1 Å². The highest BCUT2D eigenvalue weighted by Gasteiger charge is 2.23. The van der Waals surface area contributed by atoms with Crippen molar-refractivity contribution in [3.8, 4) is 23.5 Å². The summed E-state index contributed by atoms with van der Waals surface area (Å²) in [6.45, 7) is 0. The van der Waals surface area contributed by atoms with Gasteiger partial charge in [-0.25, -0.2) is 0 Å². The Morgan fingerprint density at radius 3 is 1.65 bits per heavy atom. The second-order valence-corrected chi connectivity index (χ2v) is 10.0. The van der Waals surface area contributed by atoms with Crippen molar-refractivity contribution in [2.45, 2.75) is 0 Å². The summed E-state index contributed by atoms with van der Waals surface area (Å²) in [4.78, 5) is 0. The number of aromatic nitrogens is 2. The molecule has 0 spiro atoms. The zero-order chi connectivity index (χ0) is 26.8. The van der Waals surface area contributed by atoms with E-state index in [2.05, 4.69) is 100 Å². The summed E-state index contributed by atoms with van der Waals surface area (Å²) in [6.07, 6.45) is 0. The van der Waals surface area contributed by atoms with Gasteiger partial charge in [-0.15, -0.1) is 0 Å². The van der Waals surface area contributed by atoms with Crippen LogP contribution >= 0.6 is 0 Å². The van der Waals surface area contributed by atoms with Crippen LogP contribution in [0.25, 0.3) is 65.8 Å². The van der Waals surface area contributed by atoms with Gasteiger partial charge in [0.05, 0.1) is 50.6 Å². The van der Waals surface area contributed by atoms with Gasteiger partial charge in [0.1, 0.15) is 6.07 Å². The number of fused-ring (bicyclic) bond motifs is 8. The summed E-state index contributed by atoms with van der Waals surface area (Å²) < 4.78 is 4.43. The highest BCUT2D eigenvalue weighted by atomic mass is 15.1. The van der Waals surface area contributed by atoms with Crippen LogP contribution in [0.5, 0.6) is 0 Å². The molecule has 0 saturated carbocycles. The minimum absolute atomic E-state index is 0.447. The van der Waals surface area contributed by atoms with Crippen molar-refractivity contribution < 1.29 is 0 Å². The highest BCUT2D eigenvalue weighted by Crippen LogP contribution is 2.41. The minimum atomic E-state index is 0.447. The number of nitrogens with zero attached hydrogens (tertiary/aromatic N) is 4. The molecule has 0 aliphatic carbocycles. The predicted molar refractivity (Wildman–Crippen MR) is 162 cm³/mol. The first kappa shape index (κ1) is 22.2. The average Bonchev–Trinajstić information content (AvgIpc) is 3.53. The quantitative estimate of drug-likeness (QED) is 0.234. The summed E-state index contributed by atoms with van der Waals surface area (Å²) in [7, 11) is 0. The van der Waals surface area contributed by atoms with Crippen molar-refractivity contribution in [1.29, 1.82) is 10.5 Å². The van der Waals surface area contributed by atoms with E-state index in [0.29, 0.717) is 11.1 Å². The Kier molecular flexibility index (Phi) is 4.62. The standard InChI is InChI=1S/C36H20N4/c37-21-23-19-25(22-38)35(39-31-14-6-3-11-27(31)28-12-4-7-15-32(28)39)34(20-23)40-33-16-8-5-13-29(33)30-18-17-24-9-1-2-10-26(24)36(30)40/h1-20H. The lowest BCUT2D eigenvalue weighted by atomic mass is 10.0. The maximum Gasteiger partial charge on any atom is 0.101 e. The molecule has 6 aromatic carbocycles. The summed E-state index contributed by atoms with van der Waals surface area (Å²) in [5, 5.41) is 27.3. The summed E-state index contributed by atoms with van der Waals surface area (Å²) in [5.74, 6) is 0. The number of benzene rings is 6. The Balaban J connectivity index is 1.65. The van der Waals surface area contributed by atoms with Gasteiger partial charge in [0, 0.05) is 26.9 Å². The molecule has 0 aliphatic rings. The van der Waals surface area contributed by atoms with Crippen LogP contribution in [0, 0.1) is 22.7 Å². The molecule has 8 aromatic rings. The van der Waals surface area contributed by atoms with Gasteiger partial charge < -0.3 is 9.13 Å². The van der Waals surface area contributed by atoms with Crippen LogP contribution < -0.4 is 0 Å². The van der Waals surface area contributed by atoms with Gasteiger partial charge in [-0.3, -0.25) is 0 Å². The van der Waals surface area contributed by atoms with E-state index in [0.717, 1.165) is 65.8 Å². The van der Waals surface area contributed by atoms with Gasteiger partial charge in [0.15, 0.2) is 0 Å². The molecule has 8 rings (SSSR count). The number of rotatable bonds is 2. The molecule has 0 saturated heterocycles. The van der Waals surface area contributed by atoms with E-state index in [9.17, 15) is 10.5 Å². The van der Waals surface area contributed by atoms with Crippen molar-refractivity contribution in [3.63, 3.8) is 0 Å². The van der Waals surface area contributed by atoms with E-state index in [1.807, 2.05) is 36.4 Å². The third-order valence-corrected chi connectivity index (χ3v) is 7.94. The van der Waals surface area contributed by atoms with Crippen LogP contribution in [-0.4, -0.2) is 9.13 Å². The van der Waals surface area contributed by atoms with Crippen LogP contribution in [0.4, 0.5) is 0 Å². The molecule has 0 aliphatic heterocycles. The monoisotopic (exact) mass is 508 g/mol. The molecule has 0 bridgehead atoms. The molecule has 0 fully saturated rings. The lowest BCUT2D eigenvalue weighted by molar-refractivity contribution is 1.09. The Labute approximate surface area is 229 Å². The minimum Gasteiger partial charge on any atom is -0.306 e. The van der Waals surface area contributed by atoms with E-state index in [1.165, 1.54) is 0 Å². The number of hydrogen-bond donors (Lipinski definition) is 0. The first-order chi connectivity index (χ1) is 19.8. The van der Waals surface area contributed by atoms with E-state index in [4.69, 9.17) is 0 Å². The summed E-state index contributed by atoms with van der Waals surface area (Å²) in [6, 6.07) is 46.0. The van der Waals surface area contributed by atoms with E-state index < -0.39 is 0 Å². The average molecular weight is 509 g/mol. The van der Waals surface area contributed by atoms with Gasteiger partial charge in [-0.05, 0) is 35.7 Å². The third kappa shape index (κ3) is 2.93. The molecule has 2 heterocycles. The topological polar surface area (TPSA) is 57.4 Å². The van der Waals surface area contributed by atoms with Crippen molar-refractivity contribution in [3.05, 3.63) is 132 Å². The van der Waals surface area contributed by atoms with Gasteiger partial charge in [-0.2, -0.15) is 10.5 Å². The predicted octanol–water partition coefficient (Wildman–Crippen LogP) is 8.78. The number of hydrogen-bond acceptors (Lipinski definition) is 2. The second-order valence-electron chi connectivity index (χ2n) is 10.0.